The van der Waals surface area contributed by atoms with E-state index in [1.54, 1.807) is 6.20 Å². The number of nitrogens with zero attached hydrogens (tertiary/aromatic N) is 1. The molecule has 0 unspecified atom stereocenters. The van der Waals surface area contributed by atoms with Gasteiger partial charge in [0.05, 0.1) is 0 Å². The first kappa shape index (κ1) is 12.1. The van der Waals surface area contributed by atoms with Gasteiger partial charge in [-0.25, -0.2) is 4.98 Å². The Kier molecular flexibility index (Phi) is 3.48. The van der Waals surface area contributed by atoms with Crippen molar-refractivity contribution < 1.29 is 4.74 Å². The molecule has 2 nitrogen and oxygen atoms in total. The van der Waals surface area contributed by atoms with Gasteiger partial charge in [-0.2, -0.15) is 0 Å². The zero-order chi connectivity index (χ0) is 12.4. The summed E-state index contributed by atoms with van der Waals surface area (Å²) in [4.78, 5) is 4.24. The van der Waals surface area contributed by atoms with Gasteiger partial charge in [0, 0.05) is 16.7 Å². The van der Waals surface area contributed by atoms with Gasteiger partial charge in [-0.3, -0.25) is 0 Å². The van der Waals surface area contributed by atoms with E-state index < -0.39 is 0 Å². The Morgan fingerprint density at radius 2 is 1.82 bits per heavy atom. The lowest BCUT2D eigenvalue weighted by Crippen LogP contribution is -1.92. The second kappa shape index (κ2) is 4.88. The highest BCUT2D eigenvalue weighted by atomic mass is 79.9. The highest BCUT2D eigenvalue weighted by Crippen LogP contribution is 2.26. The number of aromatic nitrogens is 1. The number of pyridine rings is 1. The second-order valence-corrected chi connectivity index (χ2v) is 5.00. The molecule has 0 aliphatic rings. The average Bonchev–Trinajstić information content (AvgIpc) is 2.29. The van der Waals surface area contributed by atoms with Gasteiger partial charge in [-0.1, -0.05) is 12.1 Å². The number of benzene rings is 1. The molecule has 0 spiro atoms. The van der Waals surface area contributed by atoms with E-state index in [4.69, 9.17) is 4.74 Å². The summed E-state index contributed by atoms with van der Waals surface area (Å²) in [7, 11) is 0. The maximum atomic E-state index is 5.79. The molecule has 0 saturated carbocycles. The predicted molar refractivity (Wildman–Crippen MR) is 72.7 cm³/mol. The van der Waals surface area contributed by atoms with Crippen molar-refractivity contribution in [3.63, 3.8) is 0 Å². The first-order valence-corrected chi connectivity index (χ1v) is 6.23. The lowest BCUT2D eigenvalue weighted by atomic mass is 10.1. The standard InChI is InChI=1S/C14H14BrNO/c1-9-4-5-10(2)13(6-9)17-14-7-11(3)12(15)8-16-14/h4-8H,1-3H3. The lowest BCUT2D eigenvalue weighted by molar-refractivity contribution is 0.458. The zero-order valence-electron chi connectivity index (χ0n) is 10.1. The van der Waals surface area contributed by atoms with Crippen LogP contribution in [0.2, 0.25) is 0 Å². The summed E-state index contributed by atoms with van der Waals surface area (Å²) in [6.45, 7) is 6.09. The summed E-state index contributed by atoms with van der Waals surface area (Å²) in [5.41, 5.74) is 3.40. The first-order chi connectivity index (χ1) is 8.06. The van der Waals surface area contributed by atoms with Crippen LogP contribution in [0.25, 0.3) is 0 Å². The summed E-state index contributed by atoms with van der Waals surface area (Å²) in [5, 5.41) is 0. The molecule has 1 aromatic carbocycles. The molecule has 0 aliphatic carbocycles. The Labute approximate surface area is 110 Å². The van der Waals surface area contributed by atoms with E-state index in [9.17, 15) is 0 Å². The fraction of sp³-hybridized carbons (Fsp3) is 0.214. The van der Waals surface area contributed by atoms with Crippen molar-refractivity contribution in [2.75, 3.05) is 0 Å². The zero-order valence-corrected chi connectivity index (χ0v) is 11.7. The van der Waals surface area contributed by atoms with Crippen molar-refractivity contribution in [1.82, 2.24) is 4.98 Å². The van der Waals surface area contributed by atoms with Crippen molar-refractivity contribution in [3.8, 4) is 11.6 Å². The van der Waals surface area contributed by atoms with E-state index >= 15 is 0 Å². The van der Waals surface area contributed by atoms with Crippen LogP contribution in [-0.2, 0) is 0 Å². The highest BCUT2D eigenvalue weighted by molar-refractivity contribution is 9.10. The van der Waals surface area contributed by atoms with E-state index in [-0.39, 0.29) is 0 Å². The van der Waals surface area contributed by atoms with Crippen molar-refractivity contribution in [1.29, 1.82) is 0 Å². The van der Waals surface area contributed by atoms with Gasteiger partial charge >= 0.3 is 0 Å². The van der Waals surface area contributed by atoms with E-state index in [0.29, 0.717) is 5.88 Å². The van der Waals surface area contributed by atoms with Gasteiger partial charge in [-0.15, -0.1) is 0 Å². The minimum atomic E-state index is 0.624. The topological polar surface area (TPSA) is 22.1 Å². The van der Waals surface area contributed by atoms with E-state index in [1.807, 2.05) is 32.9 Å². The molecule has 0 saturated heterocycles. The molecular formula is C14H14BrNO. The molecule has 0 aliphatic heterocycles. The van der Waals surface area contributed by atoms with Gasteiger partial charge in [0.1, 0.15) is 5.75 Å². The van der Waals surface area contributed by atoms with E-state index in [1.165, 1.54) is 5.56 Å². The Morgan fingerprint density at radius 1 is 1.06 bits per heavy atom. The third-order valence-corrected chi connectivity index (χ3v) is 3.41. The molecule has 0 amide bonds. The molecule has 1 aromatic heterocycles. The molecule has 0 bridgehead atoms. The monoisotopic (exact) mass is 291 g/mol. The minimum Gasteiger partial charge on any atom is -0.439 e. The molecular weight excluding hydrogens is 278 g/mol. The molecule has 88 valence electrons. The first-order valence-electron chi connectivity index (χ1n) is 5.43. The quantitative estimate of drug-likeness (QED) is 0.809. The van der Waals surface area contributed by atoms with Crippen LogP contribution < -0.4 is 4.74 Å². The lowest BCUT2D eigenvalue weighted by Gasteiger charge is -2.09. The summed E-state index contributed by atoms with van der Waals surface area (Å²) in [6.07, 6.45) is 1.76. The third kappa shape index (κ3) is 2.86. The molecule has 0 N–H and O–H groups in total. The SMILES string of the molecule is Cc1ccc(C)c(Oc2cc(C)c(Br)cn2)c1. The smallest absolute Gasteiger partial charge is 0.219 e. The van der Waals surface area contributed by atoms with E-state index in [0.717, 1.165) is 21.3 Å². The number of hydrogen-bond acceptors (Lipinski definition) is 2. The van der Waals surface area contributed by atoms with Crippen LogP contribution >= 0.6 is 15.9 Å². The van der Waals surface area contributed by atoms with Crippen molar-refractivity contribution in [2.24, 2.45) is 0 Å². The largest absolute Gasteiger partial charge is 0.439 e. The number of hydrogen-bond donors (Lipinski definition) is 0. The summed E-state index contributed by atoms with van der Waals surface area (Å²) >= 11 is 3.42. The molecule has 0 fully saturated rings. The molecule has 0 atom stereocenters. The summed E-state index contributed by atoms with van der Waals surface area (Å²) < 4.78 is 6.79. The van der Waals surface area contributed by atoms with Crippen molar-refractivity contribution in [2.45, 2.75) is 20.8 Å². The Morgan fingerprint density at radius 3 is 2.53 bits per heavy atom. The van der Waals surface area contributed by atoms with Gasteiger partial charge in [0.15, 0.2) is 0 Å². The summed E-state index contributed by atoms with van der Waals surface area (Å²) in [5.74, 6) is 1.48. The fourth-order valence-electron chi connectivity index (χ4n) is 1.50. The second-order valence-electron chi connectivity index (χ2n) is 4.14. The molecule has 0 radical (unpaired) electrons. The predicted octanol–water partition coefficient (Wildman–Crippen LogP) is 4.56. The molecule has 2 aromatic rings. The number of halogens is 1. The Bertz CT molecular complexity index is 552. The van der Waals surface area contributed by atoms with Crippen LogP contribution in [0.5, 0.6) is 11.6 Å². The highest BCUT2D eigenvalue weighted by Gasteiger charge is 2.04. The van der Waals surface area contributed by atoms with E-state index in [2.05, 4.69) is 33.0 Å². The average molecular weight is 292 g/mol. The maximum Gasteiger partial charge on any atom is 0.219 e. The summed E-state index contributed by atoms with van der Waals surface area (Å²) in [6, 6.07) is 8.07. The normalized spacial score (nSPS) is 10.4. The fourth-order valence-corrected chi connectivity index (χ4v) is 1.72. The van der Waals surface area contributed by atoms with Crippen LogP contribution in [0.4, 0.5) is 0 Å². The maximum absolute atomic E-state index is 5.79. The van der Waals surface area contributed by atoms with Crippen LogP contribution in [0.3, 0.4) is 0 Å². The minimum absolute atomic E-state index is 0.624. The van der Waals surface area contributed by atoms with Crippen LogP contribution in [0.15, 0.2) is 34.9 Å². The number of aryl methyl sites for hydroxylation is 3. The Hall–Kier alpha value is -1.35. The molecule has 3 heteroatoms. The van der Waals surface area contributed by atoms with Crippen LogP contribution in [-0.4, -0.2) is 4.98 Å². The molecule has 17 heavy (non-hydrogen) atoms. The molecule has 1 heterocycles. The van der Waals surface area contributed by atoms with Crippen molar-refractivity contribution >= 4 is 15.9 Å². The van der Waals surface area contributed by atoms with Crippen molar-refractivity contribution in [3.05, 3.63) is 51.6 Å². The van der Waals surface area contributed by atoms with Gasteiger partial charge in [0.25, 0.3) is 0 Å². The van der Waals surface area contributed by atoms with Crippen LogP contribution in [0.1, 0.15) is 16.7 Å². The number of ether oxygens (including phenoxy) is 1. The third-order valence-electron chi connectivity index (χ3n) is 2.58. The van der Waals surface area contributed by atoms with Gasteiger partial charge < -0.3 is 4.74 Å². The van der Waals surface area contributed by atoms with Gasteiger partial charge in [-0.05, 0) is 59.5 Å². The Balaban J connectivity index is 2.31. The van der Waals surface area contributed by atoms with Crippen LogP contribution in [0, 0.1) is 20.8 Å². The number of rotatable bonds is 2. The van der Waals surface area contributed by atoms with Gasteiger partial charge in [0.2, 0.25) is 5.88 Å². The molecule has 2 rings (SSSR count).